The van der Waals surface area contributed by atoms with Crippen LogP contribution in [0, 0.1) is 0 Å². The maximum absolute atomic E-state index is 11.1. The van der Waals surface area contributed by atoms with Crippen molar-refractivity contribution in [3.05, 3.63) is 35.5 Å². The van der Waals surface area contributed by atoms with E-state index in [1.54, 1.807) is 30.2 Å². The maximum atomic E-state index is 11.1. The molecule has 2 aromatic heterocycles. The van der Waals surface area contributed by atoms with Gasteiger partial charge in [0.2, 0.25) is 0 Å². The zero-order valence-electron chi connectivity index (χ0n) is 8.51. The lowest BCUT2D eigenvalue weighted by Crippen LogP contribution is -1.94. The van der Waals surface area contributed by atoms with Gasteiger partial charge < -0.3 is 5.11 Å². The van der Waals surface area contributed by atoms with Crippen LogP contribution in [0.1, 0.15) is 9.67 Å². The van der Waals surface area contributed by atoms with Crippen molar-refractivity contribution in [3.63, 3.8) is 0 Å². The van der Waals surface area contributed by atoms with E-state index >= 15 is 0 Å². The minimum Gasteiger partial charge on any atom is -0.477 e. The Hall–Kier alpha value is -1.33. The van der Waals surface area contributed by atoms with E-state index in [4.69, 9.17) is 5.11 Å². The van der Waals surface area contributed by atoms with E-state index in [0.717, 1.165) is 15.3 Å². The molecular formula is C11H9NO2S2. The fourth-order valence-corrected chi connectivity index (χ4v) is 2.94. The topological polar surface area (TPSA) is 50.2 Å². The van der Waals surface area contributed by atoms with Gasteiger partial charge in [-0.1, -0.05) is 6.07 Å². The summed E-state index contributed by atoms with van der Waals surface area (Å²) in [5, 5.41) is 9.12. The summed E-state index contributed by atoms with van der Waals surface area (Å²) in [5.74, 6) is -0.885. The maximum Gasteiger partial charge on any atom is 0.346 e. The summed E-state index contributed by atoms with van der Waals surface area (Å²) in [5.41, 5.74) is 1.59. The van der Waals surface area contributed by atoms with E-state index in [1.165, 1.54) is 11.3 Å². The van der Waals surface area contributed by atoms with Gasteiger partial charge in [0.05, 0.1) is 4.21 Å². The number of pyridine rings is 1. The van der Waals surface area contributed by atoms with Gasteiger partial charge in [0.1, 0.15) is 4.88 Å². The largest absolute Gasteiger partial charge is 0.477 e. The molecule has 0 aliphatic heterocycles. The fourth-order valence-electron chi connectivity index (χ4n) is 1.36. The highest BCUT2D eigenvalue weighted by Gasteiger charge is 2.16. The highest BCUT2D eigenvalue weighted by Crippen LogP contribution is 2.35. The van der Waals surface area contributed by atoms with E-state index < -0.39 is 5.97 Å². The molecule has 1 N–H and O–H groups in total. The molecule has 2 heterocycles. The third kappa shape index (κ3) is 2.10. The second-order valence-corrected chi connectivity index (χ2v) is 5.22. The molecule has 0 saturated heterocycles. The van der Waals surface area contributed by atoms with Crippen molar-refractivity contribution in [2.45, 2.75) is 4.21 Å². The lowest BCUT2D eigenvalue weighted by Gasteiger charge is -1.98. The number of carboxylic acids is 1. The van der Waals surface area contributed by atoms with Gasteiger partial charge in [0, 0.05) is 23.5 Å². The molecule has 16 heavy (non-hydrogen) atoms. The first kappa shape index (κ1) is 11.2. The van der Waals surface area contributed by atoms with Crippen molar-refractivity contribution in [2.75, 3.05) is 6.26 Å². The SMILES string of the molecule is CSc1cc(-c2cccnc2)c(C(=O)O)s1. The Morgan fingerprint density at radius 3 is 2.94 bits per heavy atom. The number of aromatic nitrogens is 1. The van der Waals surface area contributed by atoms with E-state index in [1.807, 2.05) is 18.4 Å². The van der Waals surface area contributed by atoms with Gasteiger partial charge in [-0.3, -0.25) is 4.98 Å². The highest BCUT2D eigenvalue weighted by molar-refractivity contribution is 8.00. The van der Waals surface area contributed by atoms with Crippen LogP contribution in [0.4, 0.5) is 0 Å². The zero-order chi connectivity index (χ0) is 11.5. The number of hydrogen-bond acceptors (Lipinski definition) is 4. The third-order valence-corrected chi connectivity index (χ3v) is 4.27. The first-order chi connectivity index (χ1) is 7.72. The number of rotatable bonds is 3. The highest BCUT2D eigenvalue weighted by atomic mass is 32.2. The number of aromatic carboxylic acids is 1. The molecule has 0 bridgehead atoms. The molecule has 0 amide bonds. The molecule has 0 fully saturated rings. The normalized spacial score (nSPS) is 10.3. The van der Waals surface area contributed by atoms with Crippen LogP contribution in [0.15, 0.2) is 34.8 Å². The predicted octanol–water partition coefficient (Wildman–Crippen LogP) is 3.23. The summed E-state index contributed by atoms with van der Waals surface area (Å²) < 4.78 is 0.997. The molecular weight excluding hydrogens is 242 g/mol. The number of carboxylic acid groups (broad SMARTS) is 1. The first-order valence-corrected chi connectivity index (χ1v) is 6.58. The van der Waals surface area contributed by atoms with Gasteiger partial charge >= 0.3 is 5.97 Å². The van der Waals surface area contributed by atoms with Gasteiger partial charge in [0.25, 0.3) is 0 Å². The number of hydrogen-bond donors (Lipinski definition) is 1. The lowest BCUT2D eigenvalue weighted by molar-refractivity contribution is 0.0703. The molecule has 82 valence electrons. The fraction of sp³-hybridized carbons (Fsp3) is 0.0909. The van der Waals surface area contributed by atoms with Gasteiger partial charge in [-0.15, -0.1) is 23.1 Å². The minimum absolute atomic E-state index is 0.373. The van der Waals surface area contributed by atoms with Crippen molar-refractivity contribution < 1.29 is 9.90 Å². The summed E-state index contributed by atoms with van der Waals surface area (Å²) in [4.78, 5) is 15.5. The molecule has 2 aromatic rings. The molecule has 3 nitrogen and oxygen atoms in total. The van der Waals surface area contributed by atoms with Crippen molar-refractivity contribution in [1.29, 1.82) is 0 Å². The Morgan fingerprint density at radius 2 is 2.38 bits per heavy atom. The van der Waals surface area contributed by atoms with Crippen molar-refractivity contribution >= 4 is 29.1 Å². The van der Waals surface area contributed by atoms with Gasteiger partial charge in [-0.05, 0) is 18.4 Å². The molecule has 0 aliphatic carbocycles. The summed E-state index contributed by atoms with van der Waals surface area (Å²) in [6, 6.07) is 5.57. The zero-order valence-corrected chi connectivity index (χ0v) is 10.1. The van der Waals surface area contributed by atoms with Gasteiger partial charge in [0.15, 0.2) is 0 Å². The van der Waals surface area contributed by atoms with Crippen LogP contribution in [0.25, 0.3) is 11.1 Å². The molecule has 0 atom stereocenters. The smallest absolute Gasteiger partial charge is 0.346 e. The minimum atomic E-state index is -0.885. The van der Waals surface area contributed by atoms with Crippen LogP contribution in [0.2, 0.25) is 0 Å². The average Bonchev–Trinajstić information content (AvgIpc) is 2.74. The Kier molecular flexibility index (Phi) is 3.26. The van der Waals surface area contributed by atoms with Crippen molar-refractivity contribution in [1.82, 2.24) is 4.98 Å². The monoisotopic (exact) mass is 251 g/mol. The van der Waals surface area contributed by atoms with Crippen LogP contribution in [0.3, 0.4) is 0 Å². The number of thiophene rings is 1. The molecule has 0 aromatic carbocycles. The molecule has 0 unspecified atom stereocenters. The molecule has 2 rings (SSSR count). The Morgan fingerprint density at radius 1 is 1.56 bits per heavy atom. The summed E-state index contributed by atoms with van der Waals surface area (Å²) in [6.07, 6.45) is 5.29. The lowest BCUT2D eigenvalue weighted by atomic mass is 10.1. The summed E-state index contributed by atoms with van der Waals surface area (Å²) in [6.45, 7) is 0. The van der Waals surface area contributed by atoms with Gasteiger partial charge in [-0.2, -0.15) is 0 Å². The Labute approximate surface area is 101 Å². The van der Waals surface area contributed by atoms with Crippen molar-refractivity contribution in [3.8, 4) is 11.1 Å². The quantitative estimate of drug-likeness (QED) is 0.851. The van der Waals surface area contributed by atoms with Gasteiger partial charge in [-0.25, -0.2) is 4.79 Å². The van der Waals surface area contributed by atoms with E-state index in [2.05, 4.69) is 4.98 Å². The van der Waals surface area contributed by atoms with E-state index in [-0.39, 0.29) is 0 Å². The Bertz CT molecular complexity index is 508. The predicted molar refractivity (Wildman–Crippen MR) is 66.3 cm³/mol. The molecule has 0 aliphatic rings. The molecule has 0 saturated carbocycles. The average molecular weight is 251 g/mol. The number of nitrogens with zero attached hydrogens (tertiary/aromatic N) is 1. The van der Waals surface area contributed by atoms with Crippen LogP contribution >= 0.6 is 23.1 Å². The molecule has 0 radical (unpaired) electrons. The second-order valence-electron chi connectivity index (χ2n) is 3.06. The molecule has 5 heteroatoms. The Balaban J connectivity index is 2.55. The van der Waals surface area contributed by atoms with Crippen LogP contribution < -0.4 is 0 Å². The van der Waals surface area contributed by atoms with E-state index in [0.29, 0.717) is 4.88 Å². The first-order valence-electron chi connectivity index (χ1n) is 4.54. The van der Waals surface area contributed by atoms with E-state index in [9.17, 15) is 4.79 Å². The standard InChI is InChI=1S/C11H9NO2S2/c1-15-9-5-8(10(16-9)11(13)14)7-3-2-4-12-6-7/h2-6H,1H3,(H,13,14). The van der Waals surface area contributed by atoms with Crippen LogP contribution in [0.5, 0.6) is 0 Å². The van der Waals surface area contributed by atoms with Crippen molar-refractivity contribution in [2.24, 2.45) is 0 Å². The third-order valence-electron chi connectivity index (χ3n) is 2.08. The number of carbonyl (C=O) groups is 1. The van der Waals surface area contributed by atoms with Crippen LogP contribution in [-0.2, 0) is 0 Å². The van der Waals surface area contributed by atoms with Crippen LogP contribution in [-0.4, -0.2) is 22.3 Å². The summed E-state index contributed by atoms with van der Waals surface area (Å²) >= 11 is 2.85. The number of thioether (sulfide) groups is 1. The summed E-state index contributed by atoms with van der Waals surface area (Å²) in [7, 11) is 0. The molecule has 0 spiro atoms. The second kappa shape index (κ2) is 4.67.